The zero-order valence-electron chi connectivity index (χ0n) is 6.90. The highest BCUT2D eigenvalue weighted by Crippen LogP contribution is 2.27. The number of hydrogen-bond acceptors (Lipinski definition) is 3. The molecule has 0 fully saturated rings. The first-order valence-electron chi connectivity index (χ1n) is 3.93. The number of nitrogens with two attached hydrogens (primary N) is 1. The first-order chi connectivity index (χ1) is 6.31. The Balaban J connectivity index is 2.81. The van der Waals surface area contributed by atoms with E-state index in [0.29, 0.717) is 11.4 Å². The Morgan fingerprint density at radius 1 is 1.08 bits per heavy atom. The molecule has 0 amide bonds. The van der Waals surface area contributed by atoms with Crippen LogP contribution in [0.3, 0.4) is 0 Å². The van der Waals surface area contributed by atoms with Gasteiger partial charge >= 0.3 is 0 Å². The molecule has 0 radical (unpaired) electrons. The summed E-state index contributed by atoms with van der Waals surface area (Å²) in [7, 11) is 0. The summed E-state index contributed by atoms with van der Waals surface area (Å²) in [6, 6.07) is 11.8. The molecule has 0 aromatic heterocycles. The summed E-state index contributed by atoms with van der Waals surface area (Å²) in [5.41, 5.74) is 7.04. The predicted molar refractivity (Wildman–Crippen MR) is 57.8 cm³/mol. The van der Waals surface area contributed by atoms with E-state index in [1.54, 1.807) is 0 Å². The molecule has 0 saturated carbocycles. The van der Waals surface area contributed by atoms with Crippen LogP contribution in [0.5, 0.6) is 0 Å². The number of nitrogen functional groups attached to an aromatic ring is 1. The van der Waals surface area contributed by atoms with Crippen molar-refractivity contribution in [3.05, 3.63) is 36.4 Å². The van der Waals surface area contributed by atoms with Gasteiger partial charge in [-0.25, -0.2) is 0 Å². The molecule has 2 N–H and O–H groups in total. The van der Waals surface area contributed by atoms with Gasteiger partial charge in [-0.2, -0.15) is 4.36 Å². The van der Waals surface area contributed by atoms with Crippen molar-refractivity contribution < 1.29 is 0 Å². The first kappa shape index (κ1) is 8.13. The fourth-order valence-corrected chi connectivity index (χ4v) is 1.48. The summed E-state index contributed by atoms with van der Waals surface area (Å²) in [6.45, 7) is 0. The largest absolute Gasteiger partial charge is 0.397 e. The summed E-state index contributed by atoms with van der Waals surface area (Å²) in [4.78, 5) is 0. The third kappa shape index (κ3) is 1.38. The Morgan fingerprint density at radius 3 is 2.31 bits per heavy atom. The van der Waals surface area contributed by atoms with Gasteiger partial charge in [0.25, 0.3) is 0 Å². The van der Waals surface area contributed by atoms with Crippen LogP contribution >= 0.6 is 0 Å². The van der Waals surface area contributed by atoms with E-state index < -0.39 is 0 Å². The van der Waals surface area contributed by atoms with Crippen molar-refractivity contribution in [1.82, 2.24) is 0 Å². The van der Waals surface area contributed by atoms with E-state index in [9.17, 15) is 0 Å². The van der Waals surface area contributed by atoms with Crippen LogP contribution in [0.25, 0.3) is 10.8 Å². The zero-order valence-corrected chi connectivity index (χ0v) is 7.71. The molecule has 13 heavy (non-hydrogen) atoms. The van der Waals surface area contributed by atoms with E-state index in [2.05, 4.69) is 16.8 Å². The lowest BCUT2D eigenvalue weighted by Gasteiger charge is -2.01. The smallest absolute Gasteiger partial charge is 0.100 e. The molecule has 0 heterocycles. The standard InChI is InChI=1S/C10H8N2S/c11-9-5-7-3-1-2-4-8(7)6-10(9)12-13/h1-6H,11H2. The topological polar surface area (TPSA) is 38.4 Å². The average molecular weight is 188 g/mol. The Bertz CT molecular complexity index is 465. The van der Waals surface area contributed by atoms with Gasteiger partial charge in [-0.3, -0.25) is 0 Å². The lowest BCUT2D eigenvalue weighted by molar-refractivity contribution is 1.60. The number of anilines is 1. The number of benzene rings is 2. The molecule has 64 valence electrons. The van der Waals surface area contributed by atoms with Crippen molar-refractivity contribution >= 4 is 34.6 Å². The number of nitrogens with zero attached hydrogens (tertiary/aromatic N) is 1. The minimum atomic E-state index is 0.633. The van der Waals surface area contributed by atoms with Crippen molar-refractivity contribution in [2.75, 3.05) is 5.73 Å². The van der Waals surface area contributed by atoms with E-state index in [4.69, 9.17) is 5.73 Å². The van der Waals surface area contributed by atoms with Gasteiger partial charge in [0.05, 0.1) is 5.69 Å². The Hall–Kier alpha value is -1.48. The van der Waals surface area contributed by atoms with Crippen molar-refractivity contribution in [3.63, 3.8) is 0 Å². The molecule has 0 aliphatic carbocycles. The third-order valence-corrected chi connectivity index (χ3v) is 2.19. The molecular weight excluding hydrogens is 180 g/mol. The Kier molecular flexibility index (Phi) is 1.94. The van der Waals surface area contributed by atoms with E-state index in [1.165, 1.54) is 0 Å². The van der Waals surface area contributed by atoms with E-state index in [0.717, 1.165) is 10.8 Å². The van der Waals surface area contributed by atoms with Crippen LogP contribution in [0.1, 0.15) is 0 Å². The molecule has 2 rings (SSSR count). The second-order valence-electron chi connectivity index (χ2n) is 2.85. The highest BCUT2D eigenvalue weighted by Gasteiger charge is 1.99. The van der Waals surface area contributed by atoms with Crippen LogP contribution in [0, 0.1) is 0 Å². The van der Waals surface area contributed by atoms with Crippen LogP contribution in [0.2, 0.25) is 0 Å². The molecule has 2 aromatic carbocycles. The van der Waals surface area contributed by atoms with Gasteiger partial charge in [-0.1, -0.05) is 24.3 Å². The van der Waals surface area contributed by atoms with E-state index in [1.807, 2.05) is 36.4 Å². The molecule has 0 unspecified atom stereocenters. The molecule has 2 nitrogen and oxygen atoms in total. The SMILES string of the molecule is Nc1cc2ccccc2cc1N=S. The summed E-state index contributed by atoms with van der Waals surface area (Å²) < 4.78 is 3.68. The minimum absolute atomic E-state index is 0.633. The van der Waals surface area contributed by atoms with Gasteiger partial charge < -0.3 is 5.73 Å². The van der Waals surface area contributed by atoms with Crippen LogP contribution in [-0.4, -0.2) is 0 Å². The lowest BCUT2D eigenvalue weighted by atomic mass is 10.1. The lowest BCUT2D eigenvalue weighted by Crippen LogP contribution is -1.85. The maximum Gasteiger partial charge on any atom is 0.100 e. The molecule has 3 heteroatoms. The zero-order chi connectivity index (χ0) is 9.26. The molecule has 0 bridgehead atoms. The quantitative estimate of drug-likeness (QED) is 0.699. The van der Waals surface area contributed by atoms with Crippen molar-refractivity contribution in [2.45, 2.75) is 0 Å². The normalized spacial score (nSPS) is 10.2. The maximum atomic E-state index is 5.74. The van der Waals surface area contributed by atoms with Crippen molar-refractivity contribution in [3.8, 4) is 0 Å². The second kappa shape index (κ2) is 3.11. The summed E-state index contributed by atoms with van der Waals surface area (Å²) in [6.07, 6.45) is 0. The van der Waals surface area contributed by atoms with Crippen LogP contribution in [-0.2, 0) is 12.4 Å². The van der Waals surface area contributed by atoms with Gasteiger partial charge in [-0.15, -0.1) is 0 Å². The molecular formula is C10H8N2S. The predicted octanol–water partition coefficient (Wildman–Crippen LogP) is 2.78. The van der Waals surface area contributed by atoms with Crippen molar-refractivity contribution in [2.24, 2.45) is 4.36 Å². The number of fused-ring (bicyclic) bond motifs is 1. The molecule has 0 spiro atoms. The van der Waals surface area contributed by atoms with Crippen molar-refractivity contribution in [1.29, 1.82) is 0 Å². The minimum Gasteiger partial charge on any atom is -0.397 e. The fraction of sp³-hybridized carbons (Fsp3) is 0. The highest BCUT2D eigenvalue weighted by molar-refractivity contribution is 7.47. The summed E-state index contributed by atoms with van der Waals surface area (Å²) in [5, 5.41) is 2.22. The van der Waals surface area contributed by atoms with Gasteiger partial charge in [0.15, 0.2) is 0 Å². The van der Waals surface area contributed by atoms with Gasteiger partial charge in [-0.05, 0) is 22.9 Å². The molecule has 0 atom stereocenters. The number of rotatable bonds is 1. The monoisotopic (exact) mass is 188 g/mol. The average Bonchev–Trinajstić information content (AvgIpc) is 2.17. The van der Waals surface area contributed by atoms with Gasteiger partial charge in [0.2, 0.25) is 0 Å². The van der Waals surface area contributed by atoms with Crippen LogP contribution in [0.4, 0.5) is 11.4 Å². The second-order valence-corrected chi connectivity index (χ2v) is 3.03. The summed E-state index contributed by atoms with van der Waals surface area (Å²) >= 11 is 4.61. The Labute approximate surface area is 81.5 Å². The summed E-state index contributed by atoms with van der Waals surface area (Å²) in [5.74, 6) is 0. The Morgan fingerprint density at radius 2 is 1.69 bits per heavy atom. The van der Waals surface area contributed by atoms with Gasteiger partial charge in [0.1, 0.15) is 5.69 Å². The molecule has 0 aliphatic heterocycles. The highest BCUT2D eigenvalue weighted by atomic mass is 32.1. The van der Waals surface area contributed by atoms with Gasteiger partial charge in [0, 0.05) is 12.4 Å². The molecule has 2 aromatic rings. The van der Waals surface area contributed by atoms with E-state index in [-0.39, 0.29) is 0 Å². The number of hydrogen-bond donors (Lipinski definition) is 1. The third-order valence-electron chi connectivity index (χ3n) is 1.99. The maximum absolute atomic E-state index is 5.74. The van der Waals surface area contributed by atoms with Crippen LogP contribution in [0.15, 0.2) is 40.8 Å². The molecule has 0 saturated heterocycles. The fourth-order valence-electron chi connectivity index (χ4n) is 1.32. The first-order valence-corrected chi connectivity index (χ1v) is 4.29. The van der Waals surface area contributed by atoms with E-state index >= 15 is 0 Å². The van der Waals surface area contributed by atoms with Crippen LogP contribution < -0.4 is 5.73 Å². The molecule has 0 aliphatic rings.